The number of nitrogens with two attached hydrogens (primary N) is 1. The van der Waals surface area contributed by atoms with Crippen molar-refractivity contribution in [1.82, 2.24) is 4.98 Å². The van der Waals surface area contributed by atoms with Crippen LogP contribution in [0.3, 0.4) is 0 Å². The van der Waals surface area contributed by atoms with Crippen LogP contribution in [0.25, 0.3) is 10.6 Å². The highest BCUT2D eigenvalue weighted by Gasteiger charge is 2.03. The van der Waals surface area contributed by atoms with Crippen LogP contribution in [0.5, 0.6) is 0 Å². The molecule has 2 aromatic rings. The van der Waals surface area contributed by atoms with Crippen molar-refractivity contribution in [1.29, 1.82) is 0 Å². The van der Waals surface area contributed by atoms with E-state index in [-0.39, 0.29) is 0 Å². The molecule has 1 heterocycles. The minimum Gasteiger partial charge on any atom is -0.330 e. The van der Waals surface area contributed by atoms with Gasteiger partial charge in [-0.05, 0) is 37.8 Å². The van der Waals surface area contributed by atoms with E-state index in [4.69, 9.17) is 5.73 Å². The van der Waals surface area contributed by atoms with Gasteiger partial charge in [-0.25, -0.2) is 4.98 Å². The summed E-state index contributed by atoms with van der Waals surface area (Å²) < 4.78 is 0. The number of aromatic nitrogens is 1. The molecule has 0 aliphatic carbocycles. The number of nitrogens with zero attached hydrogens (tertiary/aromatic N) is 1. The normalized spacial score (nSPS) is 10.8. The Balaban J connectivity index is 2.02. The first-order valence-corrected chi connectivity index (χ1v) is 7.39. The largest absolute Gasteiger partial charge is 0.330 e. The molecular weight excluding hydrogens is 240 g/mol. The molecule has 3 heteroatoms. The van der Waals surface area contributed by atoms with Gasteiger partial charge in [0.2, 0.25) is 0 Å². The predicted octanol–water partition coefficient (Wildman–Crippen LogP) is 3.65. The van der Waals surface area contributed by atoms with Gasteiger partial charge < -0.3 is 5.73 Å². The predicted molar refractivity (Wildman–Crippen MR) is 78.9 cm³/mol. The van der Waals surface area contributed by atoms with Crippen LogP contribution in [0.4, 0.5) is 0 Å². The molecule has 18 heavy (non-hydrogen) atoms. The van der Waals surface area contributed by atoms with E-state index in [1.165, 1.54) is 22.4 Å². The minimum atomic E-state index is 0.789. The second-order valence-electron chi connectivity index (χ2n) is 4.43. The molecule has 1 aromatic heterocycles. The van der Waals surface area contributed by atoms with Crippen molar-refractivity contribution >= 4 is 11.3 Å². The van der Waals surface area contributed by atoms with Crippen molar-refractivity contribution in [2.24, 2.45) is 5.73 Å². The SMILES string of the molecule is CCc1cnc(-c2ccc(CCCCN)cc2)s1. The maximum Gasteiger partial charge on any atom is 0.123 e. The average molecular weight is 260 g/mol. The lowest BCUT2D eigenvalue weighted by atomic mass is 10.1. The molecule has 0 aliphatic heterocycles. The van der Waals surface area contributed by atoms with Gasteiger partial charge in [-0.2, -0.15) is 0 Å². The van der Waals surface area contributed by atoms with Crippen LogP contribution in [0, 0.1) is 0 Å². The zero-order chi connectivity index (χ0) is 12.8. The highest BCUT2D eigenvalue weighted by atomic mass is 32.1. The summed E-state index contributed by atoms with van der Waals surface area (Å²) in [4.78, 5) is 5.81. The van der Waals surface area contributed by atoms with Crippen LogP contribution >= 0.6 is 11.3 Å². The van der Waals surface area contributed by atoms with Gasteiger partial charge in [-0.15, -0.1) is 11.3 Å². The van der Waals surface area contributed by atoms with Crippen LogP contribution in [-0.4, -0.2) is 11.5 Å². The van der Waals surface area contributed by atoms with Crippen LogP contribution in [0.15, 0.2) is 30.5 Å². The molecule has 0 unspecified atom stereocenters. The summed E-state index contributed by atoms with van der Waals surface area (Å²) >= 11 is 1.79. The zero-order valence-corrected chi connectivity index (χ0v) is 11.7. The minimum absolute atomic E-state index is 0.789. The van der Waals surface area contributed by atoms with Crippen molar-refractivity contribution in [2.75, 3.05) is 6.54 Å². The fourth-order valence-corrected chi connectivity index (χ4v) is 2.75. The quantitative estimate of drug-likeness (QED) is 0.805. The molecule has 1 aromatic carbocycles. The van der Waals surface area contributed by atoms with Gasteiger partial charge in [-0.3, -0.25) is 0 Å². The first-order chi connectivity index (χ1) is 8.83. The second kappa shape index (κ2) is 6.66. The molecule has 2 nitrogen and oxygen atoms in total. The summed E-state index contributed by atoms with van der Waals surface area (Å²) in [5.74, 6) is 0. The third kappa shape index (κ3) is 3.40. The van der Waals surface area contributed by atoms with E-state index in [1.54, 1.807) is 11.3 Å². The summed E-state index contributed by atoms with van der Waals surface area (Å²) in [5.41, 5.74) is 8.11. The zero-order valence-electron chi connectivity index (χ0n) is 10.9. The topological polar surface area (TPSA) is 38.9 Å². The van der Waals surface area contributed by atoms with Crippen LogP contribution in [0.1, 0.15) is 30.2 Å². The molecule has 0 saturated carbocycles. The lowest BCUT2D eigenvalue weighted by Gasteiger charge is -2.02. The first kappa shape index (κ1) is 13.2. The smallest absolute Gasteiger partial charge is 0.123 e. The van der Waals surface area contributed by atoms with Gasteiger partial charge in [0, 0.05) is 16.6 Å². The van der Waals surface area contributed by atoms with Crippen LogP contribution in [0.2, 0.25) is 0 Å². The Hall–Kier alpha value is -1.19. The Bertz CT molecular complexity index is 473. The van der Waals surface area contributed by atoms with Gasteiger partial charge in [0.1, 0.15) is 5.01 Å². The average Bonchev–Trinajstić information content (AvgIpc) is 2.89. The monoisotopic (exact) mass is 260 g/mol. The van der Waals surface area contributed by atoms with Crippen molar-refractivity contribution in [3.05, 3.63) is 40.9 Å². The standard InChI is InChI=1S/C15H20N2S/c1-2-14-11-17-15(18-14)13-8-6-12(7-9-13)5-3-4-10-16/h6-9,11H,2-5,10,16H2,1H3. The molecule has 0 amide bonds. The third-order valence-electron chi connectivity index (χ3n) is 3.02. The van der Waals surface area contributed by atoms with Crippen LogP contribution < -0.4 is 5.73 Å². The highest BCUT2D eigenvalue weighted by Crippen LogP contribution is 2.25. The van der Waals surface area contributed by atoms with Gasteiger partial charge >= 0.3 is 0 Å². The number of unbranched alkanes of at least 4 members (excludes halogenated alkanes) is 1. The molecular formula is C15H20N2S. The molecule has 0 fully saturated rings. The summed E-state index contributed by atoms with van der Waals surface area (Å²) in [5, 5.41) is 1.13. The van der Waals surface area contributed by atoms with Crippen molar-refractivity contribution in [2.45, 2.75) is 32.6 Å². The van der Waals surface area contributed by atoms with Crippen molar-refractivity contribution < 1.29 is 0 Å². The Kier molecular flexibility index (Phi) is 4.90. The molecule has 0 atom stereocenters. The molecule has 0 radical (unpaired) electrons. The van der Waals surface area contributed by atoms with Crippen molar-refractivity contribution in [3.63, 3.8) is 0 Å². The van der Waals surface area contributed by atoms with E-state index in [0.717, 1.165) is 30.8 Å². The summed E-state index contributed by atoms with van der Waals surface area (Å²) in [6.45, 7) is 2.95. The molecule has 96 valence electrons. The first-order valence-electron chi connectivity index (χ1n) is 6.57. The summed E-state index contributed by atoms with van der Waals surface area (Å²) in [6.07, 6.45) is 6.45. The molecule has 0 bridgehead atoms. The lowest BCUT2D eigenvalue weighted by molar-refractivity contribution is 0.745. The number of thiazole rings is 1. The Morgan fingerprint density at radius 2 is 1.94 bits per heavy atom. The Labute approximate surface area is 113 Å². The van der Waals surface area contributed by atoms with Crippen molar-refractivity contribution in [3.8, 4) is 10.6 Å². The number of rotatable bonds is 6. The van der Waals surface area contributed by atoms with E-state index >= 15 is 0 Å². The molecule has 2 rings (SSSR count). The van der Waals surface area contributed by atoms with Gasteiger partial charge in [0.25, 0.3) is 0 Å². The molecule has 0 saturated heterocycles. The summed E-state index contributed by atoms with van der Waals surface area (Å²) in [7, 11) is 0. The van der Waals surface area contributed by atoms with E-state index in [0.29, 0.717) is 0 Å². The van der Waals surface area contributed by atoms with Crippen LogP contribution in [-0.2, 0) is 12.8 Å². The maximum atomic E-state index is 5.50. The molecule has 2 N–H and O–H groups in total. The fraction of sp³-hybridized carbons (Fsp3) is 0.400. The highest BCUT2D eigenvalue weighted by molar-refractivity contribution is 7.15. The molecule has 0 aliphatic rings. The number of aryl methyl sites for hydroxylation is 2. The third-order valence-corrected chi connectivity index (χ3v) is 4.21. The number of hydrogen-bond acceptors (Lipinski definition) is 3. The van der Waals surface area contributed by atoms with E-state index in [9.17, 15) is 0 Å². The molecule has 0 spiro atoms. The summed E-state index contributed by atoms with van der Waals surface area (Å²) in [6, 6.07) is 8.77. The van der Waals surface area contributed by atoms with E-state index in [2.05, 4.69) is 36.2 Å². The lowest BCUT2D eigenvalue weighted by Crippen LogP contribution is -1.98. The maximum absolute atomic E-state index is 5.50. The number of hydrogen-bond donors (Lipinski definition) is 1. The van der Waals surface area contributed by atoms with E-state index < -0.39 is 0 Å². The Morgan fingerprint density at radius 1 is 1.17 bits per heavy atom. The van der Waals surface area contributed by atoms with Gasteiger partial charge in [-0.1, -0.05) is 31.2 Å². The fourth-order valence-electron chi connectivity index (χ4n) is 1.89. The van der Waals surface area contributed by atoms with Gasteiger partial charge in [0.15, 0.2) is 0 Å². The van der Waals surface area contributed by atoms with E-state index in [1.807, 2.05) is 6.20 Å². The Morgan fingerprint density at radius 3 is 2.56 bits per heavy atom. The number of benzene rings is 1. The second-order valence-corrected chi connectivity index (χ2v) is 5.54. The van der Waals surface area contributed by atoms with Gasteiger partial charge in [0.05, 0.1) is 0 Å².